The Kier molecular flexibility index (Phi) is 5.35. The highest BCUT2D eigenvalue weighted by atomic mass is 19.4. The molecule has 1 N–H and O–H groups in total. The second-order valence-corrected chi connectivity index (χ2v) is 7.11. The van der Waals surface area contributed by atoms with Crippen molar-refractivity contribution in [1.82, 2.24) is 15.0 Å². The molecule has 0 radical (unpaired) electrons. The van der Waals surface area contributed by atoms with Crippen molar-refractivity contribution in [2.75, 3.05) is 31.1 Å². The van der Waals surface area contributed by atoms with Gasteiger partial charge in [-0.2, -0.15) is 18.3 Å². The maximum absolute atomic E-state index is 14.4. The molecule has 0 saturated carbocycles. The highest BCUT2D eigenvalue weighted by Crippen LogP contribution is 2.27. The molecule has 1 aromatic carbocycles. The smallest absolute Gasteiger partial charge is 0.422 e. The summed E-state index contributed by atoms with van der Waals surface area (Å²) < 4.78 is 57.2. The van der Waals surface area contributed by atoms with Crippen molar-refractivity contribution in [1.29, 1.82) is 0 Å². The van der Waals surface area contributed by atoms with E-state index < -0.39 is 29.9 Å². The number of nitrogens with zero attached hydrogens (tertiary/aromatic N) is 4. The molecule has 3 heterocycles. The molecule has 160 valence electrons. The summed E-state index contributed by atoms with van der Waals surface area (Å²) in [6.07, 6.45) is -1.04. The van der Waals surface area contributed by atoms with Crippen molar-refractivity contribution in [3.05, 3.63) is 46.1 Å². The molecule has 1 fully saturated rings. The van der Waals surface area contributed by atoms with Gasteiger partial charge in [0.15, 0.2) is 18.2 Å². The van der Waals surface area contributed by atoms with E-state index in [1.807, 2.05) is 4.90 Å². The zero-order valence-electron chi connectivity index (χ0n) is 15.8. The number of aromatic nitrogens is 2. The van der Waals surface area contributed by atoms with Crippen LogP contribution in [0.1, 0.15) is 24.5 Å². The molecule has 1 aromatic heterocycles. The van der Waals surface area contributed by atoms with E-state index in [9.17, 15) is 22.4 Å². The molecule has 1 unspecified atom stereocenters. The van der Waals surface area contributed by atoms with Gasteiger partial charge in [0, 0.05) is 38.0 Å². The molecule has 2 aliphatic rings. The molecule has 0 amide bonds. The molecule has 1 atom stereocenters. The quantitative estimate of drug-likeness (QED) is 0.746. The normalized spacial score (nSPS) is 18.7. The molecule has 1 saturated heterocycles. The molecular formula is C19H19F4N5O2. The summed E-state index contributed by atoms with van der Waals surface area (Å²) in [5.74, 6) is -1.31. The van der Waals surface area contributed by atoms with Crippen LogP contribution in [0.2, 0.25) is 0 Å². The number of halogens is 4. The average Bonchev–Trinajstić information content (AvgIpc) is 3.39. The maximum atomic E-state index is 14.4. The average molecular weight is 425 g/mol. The van der Waals surface area contributed by atoms with E-state index in [1.165, 1.54) is 16.7 Å². The Bertz CT molecular complexity index is 1010. The molecule has 0 spiro atoms. The third-order valence-corrected chi connectivity index (χ3v) is 4.91. The third-order valence-electron chi connectivity index (χ3n) is 4.91. The van der Waals surface area contributed by atoms with Gasteiger partial charge in [0.05, 0.1) is 17.3 Å². The van der Waals surface area contributed by atoms with E-state index in [0.717, 1.165) is 25.0 Å². The number of benzene rings is 1. The van der Waals surface area contributed by atoms with Gasteiger partial charge in [0.25, 0.3) is 5.56 Å². The van der Waals surface area contributed by atoms with Crippen molar-refractivity contribution in [2.24, 2.45) is 5.10 Å². The van der Waals surface area contributed by atoms with Crippen LogP contribution in [0.25, 0.3) is 5.69 Å². The van der Waals surface area contributed by atoms with Crippen LogP contribution in [0.5, 0.6) is 5.75 Å². The molecule has 11 heteroatoms. The number of rotatable bonds is 5. The summed E-state index contributed by atoms with van der Waals surface area (Å²) in [5, 5.41) is 3.95. The Hall–Kier alpha value is -3.11. The molecule has 7 nitrogen and oxygen atoms in total. The predicted molar refractivity (Wildman–Crippen MR) is 102 cm³/mol. The Balaban J connectivity index is 1.73. The van der Waals surface area contributed by atoms with Gasteiger partial charge < -0.3 is 15.1 Å². The van der Waals surface area contributed by atoms with Crippen LogP contribution in [0.4, 0.5) is 23.5 Å². The fraction of sp³-hybridized carbons (Fsp3) is 0.421. The summed E-state index contributed by atoms with van der Waals surface area (Å²) in [6.45, 7) is 0.315. The minimum atomic E-state index is -4.58. The fourth-order valence-electron chi connectivity index (χ4n) is 3.48. The third kappa shape index (κ3) is 4.24. The first-order chi connectivity index (χ1) is 14.3. The lowest BCUT2D eigenvalue weighted by atomic mass is 10.1. The first-order valence-electron chi connectivity index (χ1n) is 9.46. The highest BCUT2D eigenvalue weighted by molar-refractivity contribution is 5.69. The van der Waals surface area contributed by atoms with Crippen LogP contribution < -0.4 is 20.6 Å². The van der Waals surface area contributed by atoms with Gasteiger partial charge in [0.2, 0.25) is 5.95 Å². The van der Waals surface area contributed by atoms with Crippen LogP contribution in [0.3, 0.4) is 0 Å². The number of nitrogens with one attached hydrogen (secondary N) is 1. The number of ether oxygens (including phenoxy) is 1. The number of hydrogen-bond donors (Lipinski definition) is 1. The van der Waals surface area contributed by atoms with Crippen LogP contribution in [0, 0.1) is 5.82 Å². The summed E-state index contributed by atoms with van der Waals surface area (Å²) in [5.41, 5.74) is 3.13. The number of anilines is 1. The molecule has 30 heavy (non-hydrogen) atoms. The van der Waals surface area contributed by atoms with Gasteiger partial charge in [-0.05, 0) is 25.0 Å². The molecule has 2 aliphatic heterocycles. The van der Waals surface area contributed by atoms with Gasteiger partial charge >= 0.3 is 6.18 Å². The number of hydrogen-bond acceptors (Lipinski definition) is 6. The summed E-state index contributed by atoms with van der Waals surface area (Å²) >= 11 is 0. The van der Waals surface area contributed by atoms with Gasteiger partial charge in [-0.25, -0.2) is 13.9 Å². The van der Waals surface area contributed by atoms with E-state index >= 15 is 0 Å². The number of hydrazone groups is 1. The Morgan fingerprint density at radius 1 is 1.20 bits per heavy atom. The van der Waals surface area contributed by atoms with Crippen molar-refractivity contribution >= 4 is 12.2 Å². The lowest BCUT2D eigenvalue weighted by Gasteiger charge is -2.23. The van der Waals surface area contributed by atoms with E-state index in [2.05, 4.69) is 20.2 Å². The van der Waals surface area contributed by atoms with Crippen molar-refractivity contribution < 1.29 is 22.3 Å². The lowest BCUT2D eigenvalue weighted by Crippen LogP contribution is -2.31. The van der Waals surface area contributed by atoms with Crippen molar-refractivity contribution in [3.63, 3.8) is 0 Å². The van der Waals surface area contributed by atoms with Crippen LogP contribution in [0.15, 0.2) is 34.2 Å². The summed E-state index contributed by atoms with van der Waals surface area (Å²) in [6, 6.07) is 4.77. The minimum absolute atomic E-state index is 0.149. The SMILES string of the molecule is O=c1cc(C2C=NNC2)nc(N2CCCC2)n1-c1ccc(OCC(F)(F)F)c(F)c1. The zero-order valence-corrected chi connectivity index (χ0v) is 15.8. The highest BCUT2D eigenvalue weighted by Gasteiger charge is 2.29. The molecule has 4 rings (SSSR count). The molecular weight excluding hydrogens is 406 g/mol. The van der Waals surface area contributed by atoms with Gasteiger partial charge in [-0.3, -0.25) is 4.79 Å². The largest absolute Gasteiger partial charge is 0.481 e. The standard InChI is InChI=1S/C19H19F4N5O2/c20-14-7-13(3-4-16(14)30-11-19(21,22)23)28-17(29)8-15(12-9-24-25-10-12)26-18(28)27-5-1-2-6-27/h3-4,7-9,12,25H,1-2,5-6,10-11H2. The number of alkyl halides is 3. The Morgan fingerprint density at radius 2 is 1.97 bits per heavy atom. The van der Waals surface area contributed by atoms with Crippen molar-refractivity contribution in [2.45, 2.75) is 24.9 Å². The first kappa shape index (κ1) is 20.2. The van der Waals surface area contributed by atoms with Gasteiger partial charge in [-0.15, -0.1) is 0 Å². The minimum Gasteiger partial charge on any atom is -0.481 e. The summed E-state index contributed by atoms with van der Waals surface area (Å²) in [4.78, 5) is 19.5. The first-order valence-corrected chi connectivity index (χ1v) is 9.46. The van der Waals surface area contributed by atoms with Crippen LogP contribution in [-0.4, -0.2) is 48.2 Å². The monoisotopic (exact) mass is 425 g/mol. The van der Waals surface area contributed by atoms with Gasteiger partial charge in [0.1, 0.15) is 0 Å². The van der Waals surface area contributed by atoms with Gasteiger partial charge in [-0.1, -0.05) is 0 Å². The van der Waals surface area contributed by atoms with Crippen molar-refractivity contribution in [3.8, 4) is 11.4 Å². The predicted octanol–water partition coefficient (Wildman–Crippen LogP) is 2.59. The van der Waals surface area contributed by atoms with E-state index in [-0.39, 0.29) is 11.6 Å². The zero-order chi connectivity index (χ0) is 21.3. The van der Waals surface area contributed by atoms with E-state index in [1.54, 1.807) is 6.21 Å². The lowest BCUT2D eigenvalue weighted by molar-refractivity contribution is -0.153. The van der Waals surface area contributed by atoms with Crippen LogP contribution in [-0.2, 0) is 0 Å². The summed E-state index contributed by atoms with van der Waals surface area (Å²) in [7, 11) is 0. The molecule has 0 bridgehead atoms. The van der Waals surface area contributed by atoms with E-state index in [0.29, 0.717) is 31.3 Å². The molecule has 0 aliphatic carbocycles. The maximum Gasteiger partial charge on any atom is 0.422 e. The topological polar surface area (TPSA) is 71.8 Å². The van der Waals surface area contributed by atoms with E-state index in [4.69, 9.17) is 0 Å². The second-order valence-electron chi connectivity index (χ2n) is 7.11. The van der Waals surface area contributed by atoms with Crippen LogP contribution >= 0.6 is 0 Å². The Labute approximate surface area is 169 Å². The Morgan fingerprint density at radius 3 is 2.60 bits per heavy atom. The molecule has 2 aromatic rings. The second kappa shape index (κ2) is 7.96. The fourth-order valence-corrected chi connectivity index (χ4v) is 3.48.